The largest absolute Gasteiger partial charge is 0.460 e. The van der Waals surface area contributed by atoms with E-state index in [0.29, 0.717) is 11.1 Å². The lowest BCUT2D eigenvalue weighted by Crippen LogP contribution is -2.55. The van der Waals surface area contributed by atoms with Crippen molar-refractivity contribution in [1.82, 2.24) is 5.32 Å². The standard InChI is InChI=1S/C14H10ClF7N2/c15-9-3-1-8(2-4-9)10-7-11(24-6-5-23-10)12(16,17)13(18,19)14(20,21)22/h1-4,7,24H,5-6H2. The van der Waals surface area contributed by atoms with Gasteiger partial charge in [0, 0.05) is 11.6 Å². The lowest BCUT2D eigenvalue weighted by Gasteiger charge is -2.30. The van der Waals surface area contributed by atoms with Crippen LogP contribution < -0.4 is 5.32 Å². The molecule has 0 amide bonds. The van der Waals surface area contributed by atoms with Gasteiger partial charge >= 0.3 is 18.0 Å². The predicted octanol–water partition coefficient (Wildman–Crippen LogP) is 4.45. The Morgan fingerprint density at radius 1 is 0.958 bits per heavy atom. The Bertz CT molecular complexity index is 663. The molecule has 0 aromatic heterocycles. The molecule has 0 atom stereocenters. The van der Waals surface area contributed by atoms with Crippen LogP contribution >= 0.6 is 11.6 Å². The molecule has 0 bridgehead atoms. The van der Waals surface area contributed by atoms with E-state index in [1.807, 2.05) is 5.32 Å². The summed E-state index contributed by atoms with van der Waals surface area (Å²) in [5, 5.41) is 2.24. The van der Waals surface area contributed by atoms with Crippen LogP contribution in [0.5, 0.6) is 0 Å². The highest BCUT2D eigenvalue weighted by Gasteiger charge is 2.74. The summed E-state index contributed by atoms with van der Waals surface area (Å²) in [6.45, 7) is -0.391. The van der Waals surface area contributed by atoms with E-state index in [9.17, 15) is 30.7 Å². The Morgan fingerprint density at radius 2 is 1.54 bits per heavy atom. The van der Waals surface area contributed by atoms with Gasteiger partial charge in [-0.15, -0.1) is 0 Å². The topological polar surface area (TPSA) is 24.4 Å². The zero-order valence-electron chi connectivity index (χ0n) is 11.8. The molecule has 2 rings (SSSR count). The second-order valence-corrected chi connectivity index (χ2v) is 5.34. The molecule has 1 aliphatic rings. The van der Waals surface area contributed by atoms with Crippen LogP contribution in [0.15, 0.2) is 41.0 Å². The van der Waals surface area contributed by atoms with Crippen molar-refractivity contribution < 1.29 is 30.7 Å². The van der Waals surface area contributed by atoms with Crippen LogP contribution in [-0.2, 0) is 0 Å². The molecule has 1 N–H and O–H groups in total. The Morgan fingerprint density at radius 3 is 2.08 bits per heavy atom. The molecule has 1 aliphatic heterocycles. The molecule has 0 saturated heterocycles. The van der Waals surface area contributed by atoms with E-state index < -0.39 is 23.7 Å². The first-order valence-corrected chi connectivity index (χ1v) is 6.93. The normalized spacial score (nSPS) is 16.8. The monoisotopic (exact) mass is 374 g/mol. The van der Waals surface area contributed by atoms with E-state index in [1.54, 1.807) is 0 Å². The minimum absolute atomic E-state index is 0.0777. The Hall–Kier alpha value is -1.77. The number of rotatable bonds is 3. The summed E-state index contributed by atoms with van der Waals surface area (Å²) in [5.74, 6) is -11.7. The predicted molar refractivity (Wildman–Crippen MR) is 74.9 cm³/mol. The smallest absolute Gasteiger partial charge is 0.381 e. The van der Waals surface area contributed by atoms with Gasteiger partial charge in [-0.05, 0) is 23.8 Å². The summed E-state index contributed by atoms with van der Waals surface area (Å²) in [6, 6.07) is 5.60. The van der Waals surface area contributed by atoms with Crippen LogP contribution in [0.4, 0.5) is 30.7 Å². The minimum atomic E-state index is -6.40. The molecule has 10 heteroatoms. The molecule has 132 valence electrons. The first kappa shape index (κ1) is 18.6. The van der Waals surface area contributed by atoms with Gasteiger partial charge in [-0.1, -0.05) is 23.7 Å². The number of alkyl halides is 7. The van der Waals surface area contributed by atoms with Gasteiger partial charge in [0.1, 0.15) is 0 Å². The summed E-state index contributed by atoms with van der Waals surface area (Å²) in [6.07, 6.45) is -5.90. The van der Waals surface area contributed by atoms with E-state index in [-0.39, 0.29) is 24.4 Å². The van der Waals surface area contributed by atoms with Crippen molar-refractivity contribution in [3.05, 3.63) is 46.6 Å². The van der Waals surface area contributed by atoms with Crippen LogP contribution in [0.1, 0.15) is 5.56 Å². The number of hydrogen-bond donors (Lipinski definition) is 1. The number of benzene rings is 1. The third kappa shape index (κ3) is 3.35. The molecule has 0 aliphatic carbocycles. The fourth-order valence-corrected chi connectivity index (χ4v) is 2.07. The van der Waals surface area contributed by atoms with Gasteiger partial charge < -0.3 is 5.32 Å². The Kier molecular flexibility index (Phi) is 4.85. The highest BCUT2D eigenvalue weighted by atomic mass is 35.5. The Balaban J connectivity index is 2.45. The van der Waals surface area contributed by atoms with Crippen LogP contribution in [0, 0.1) is 0 Å². The van der Waals surface area contributed by atoms with Crippen molar-refractivity contribution >= 4 is 17.3 Å². The SMILES string of the molecule is FC(F)(F)C(F)(F)C(F)(F)C1=CC(c2ccc(Cl)cc2)=NCCN1. The van der Waals surface area contributed by atoms with Crippen LogP contribution in [0.3, 0.4) is 0 Å². The average Bonchev–Trinajstić information content (AvgIpc) is 2.73. The summed E-state index contributed by atoms with van der Waals surface area (Å²) in [5.41, 5.74) is -1.44. The van der Waals surface area contributed by atoms with Crippen LogP contribution in [0.2, 0.25) is 5.02 Å². The van der Waals surface area contributed by atoms with Gasteiger partial charge in [0.05, 0.1) is 18.0 Å². The zero-order valence-corrected chi connectivity index (χ0v) is 12.5. The molecule has 0 saturated carbocycles. The average molecular weight is 375 g/mol. The van der Waals surface area contributed by atoms with E-state index in [4.69, 9.17) is 11.6 Å². The van der Waals surface area contributed by atoms with Crippen molar-refractivity contribution in [3.63, 3.8) is 0 Å². The number of halogens is 8. The molecule has 0 radical (unpaired) electrons. The van der Waals surface area contributed by atoms with Crippen molar-refractivity contribution in [2.45, 2.75) is 18.0 Å². The molecule has 2 nitrogen and oxygen atoms in total. The summed E-state index contributed by atoms with van der Waals surface area (Å²) >= 11 is 5.68. The van der Waals surface area contributed by atoms with Crippen molar-refractivity contribution in [1.29, 1.82) is 0 Å². The lowest BCUT2D eigenvalue weighted by molar-refractivity contribution is -0.345. The van der Waals surface area contributed by atoms with Gasteiger partial charge in [-0.2, -0.15) is 30.7 Å². The Labute approximate surface area is 137 Å². The maximum absolute atomic E-state index is 13.8. The first-order valence-electron chi connectivity index (χ1n) is 6.55. The number of allylic oxidation sites excluding steroid dienone is 2. The van der Waals surface area contributed by atoms with Gasteiger partial charge in [0.2, 0.25) is 0 Å². The van der Waals surface area contributed by atoms with Crippen molar-refractivity contribution in [3.8, 4) is 0 Å². The molecule has 24 heavy (non-hydrogen) atoms. The van der Waals surface area contributed by atoms with Gasteiger partial charge in [0.25, 0.3) is 0 Å². The van der Waals surface area contributed by atoms with E-state index in [1.165, 1.54) is 24.3 Å². The molecular weight excluding hydrogens is 365 g/mol. The molecule has 1 aromatic rings. The fourth-order valence-electron chi connectivity index (χ4n) is 1.94. The van der Waals surface area contributed by atoms with Crippen molar-refractivity contribution in [2.75, 3.05) is 13.1 Å². The van der Waals surface area contributed by atoms with Crippen LogP contribution in [0.25, 0.3) is 0 Å². The molecule has 1 heterocycles. The van der Waals surface area contributed by atoms with Crippen LogP contribution in [-0.4, -0.2) is 36.8 Å². The summed E-state index contributed by atoms with van der Waals surface area (Å²) in [4.78, 5) is 3.91. The highest BCUT2D eigenvalue weighted by molar-refractivity contribution is 6.30. The van der Waals surface area contributed by atoms with E-state index in [2.05, 4.69) is 4.99 Å². The first-order chi connectivity index (χ1) is 11.0. The van der Waals surface area contributed by atoms with E-state index in [0.717, 1.165) is 0 Å². The number of nitrogens with one attached hydrogen (secondary N) is 1. The second kappa shape index (κ2) is 6.27. The molecule has 1 aromatic carbocycles. The highest BCUT2D eigenvalue weighted by Crippen LogP contribution is 2.49. The van der Waals surface area contributed by atoms with E-state index >= 15 is 0 Å². The summed E-state index contributed by atoms with van der Waals surface area (Å²) in [7, 11) is 0. The zero-order chi connectivity index (χ0) is 18.2. The third-order valence-corrected chi connectivity index (χ3v) is 3.47. The number of aliphatic imine (C=N–C) groups is 1. The quantitative estimate of drug-likeness (QED) is 0.777. The van der Waals surface area contributed by atoms with Gasteiger partial charge in [-0.3, -0.25) is 4.99 Å². The fraction of sp³-hybridized carbons (Fsp3) is 0.357. The molecule has 0 unspecified atom stereocenters. The maximum Gasteiger partial charge on any atom is 0.460 e. The molecular formula is C14H10ClF7N2. The third-order valence-electron chi connectivity index (χ3n) is 3.22. The van der Waals surface area contributed by atoms with Gasteiger partial charge in [0.15, 0.2) is 0 Å². The molecule has 0 fully saturated rings. The second-order valence-electron chi connectivity index (χ2n) is 4.91. The number of nitrogens with zero attached hydrogens (tertiary/aromatic N) is 1. The number of hydrogen-bond acceptors (Lipinski definition) is 2. The van der Waals surface area contributed by atoms with Gasteiger partial charge in [-0.25, -0.2) is 0 Å². The lowest BCUT2D eigenvalue weighted by atomic mass is 10.0. The minimum Gasteiger partial charge on any atom is -0.381 e. The maximum atomic E-state index is 13.8. The molecule has 0 spiro atoms. The van der Waals surface area contributed by atoms with Crippen molar-refractivity contribution in [2.24, 2.45) is 4.99 Å². The summed E-state index contributed by atoms with van der Waals surface area (Å²) < 4.78 is 91.0.